The molecule has 19 heavy (non-hydrogen) atoms. The molecule has 0 saturated carbocycles. The minimum atomic E-state index is -0.106. The minimum absolute atomic E-state index is 0.106. The third-order valence-corrected chi connectivity index (χ3v) is 3.34. The molecule has 0 aliphatic rings. The summed E-state index contributed by atoms with van der Waals surface area (Å²) >= 11 is 2.88. The molecule has 2 rings (SSSR count). The number of hydrogen-bond donors (Lipinski definition) is 1. The van der Waals surface area contributed by atoms with Crippen molar-refractivity contribution in [2.75, 3.05) is 7.11 Å². The van der Waals surface area contributed by atoms with E-state index in [0.29, 0.717) is 18.0 Å². The number of benzene rings is 1. The molecule has 0 aliphatic heterocycles. The Morgan fingerprint density at radius 2 is 2.11 bits per heavy atom. The topological polar surface area (TPSA) is 51.2 Å². The van der Waals surface area contributed by atoms with E-state index in [4.69, 9.17) is 4.74 Å². The molecule has 1 aromatic carbocycles. The fourth-order valence-electron chi connectivity index (χ4n) is 1.57. The van der Waals surface area contributed by atoms with Crippen molar-refractivity contribution >= 4 is 26.4 Å². The number of aromatic nitrogens is 1. The molecule has 0 fully saturated rings. The molecule has 1 radical (unpaired) electrons. The first-order chi connectivity index (χ1) is 9.20. The molecular formula is C14H13N2O2Se. The van der Waals surface area contributed by atoms with E-state index in [-0.39, 0.29) is 5.91 Å². The molecule has 1 heterocycles. The number of methoxy groups -OCH3 is 1. The second-order valence-corrected chi connectivity index (χ2v) is 4.81. The van der Waals surface area contributed by atoms with E-state index < -0.39 is 0 Å². The van der Waals surface area contributed by atoms with Crippen LogP contribution in [0, 0.1) is 0 Å². The van der Waals surface area contributed by atoms with Gasteiger partial charge >= 0.3 is 119 Å². The van der Waals surface area contributed by atoms with E-state index in [2.05, 4.69) is 26.3 Å². The van der Waals surface area contributed by atoms with Gasteiger partial charge < -0.3 is 0 Å². The van der Waals surface area contributed by atoms with E-state index >= 15 is 0 Å². The number of hydrogen-bond acceptors (Lipinski definition) is 3. The molecule has 0 unspecified atom stereocenters. The van der Waals surface area contributed by atoms with Crippen LogP contribution >= 0.6 is 0 Å². The Hall–Kier alpha value is -1.84. The maximum atomic E-state index is 12.0. The predicted octanol–water partition coefficient (Wildman–Crippen LogP) is 0.814. The number of carbonyl (C=O) groups excluding carboxylic acids is 1. The number of pyridine rings is 1. The molecule has 4 nitrogen and oxygen atoms in total. The average Bonchev–Trinajstić information content (AvgIpc) is 2.46. The summed E-state index contributed by atoms with van der Waals surface area (Å²) in [5, 5.41) is 2.85. The molecule has 1 amide bonds. The van der Waals surface area contributed by atoms with Crippen molar-refractivity contribution in [2.45, 2.75) is 6.54 Å². The Morgan fingerprint density at radius 3 is 2.74 bits per heavy atom. The van der Waals surface area contributed by atoms with Crippen LogP contribution < -0.4 is 14.5 Å². The van der Waals surface area contributed by atoms with E-state index in [1.165, 1.54) is 0 Å². The SMILES string of the molecule is COc1ccc(CNC(=O)c2ccccc2[Se])cn1. The first-order valence-electron chi connectivity index (χ1n) is 5.74. The van der Waals surface area contributed by atoms with Gasteiger partial charge in [0, 0.05) is 0 Å². The molecule has 0 saturated heterocycles. The summed E-state index contributed by atoms with van der Waals surface area (Å²) in [6.45, 7) is 0.435. The zero-order valence-electron chi connectivity index (χ0n) is 10.4. The van der Waals surface area contributed by atoms with Gasteiger partial charge in [-0.3, -0.25) is 0 Å². The van der Waals surface area contributed by atoms with Gasteiger partial charge in [-0.2, -0.15) is 0 Å². The number of ether oxygens (including phenoxy) is 1. The Labute approximate surface area is 120 Å². The Bertz CT molecular complexity index is 570. The third-order valence-electron chi connectivity index (χ3n) is 2.59. The first-order valence-corrected chi connectivity index (χ1v) is 6.59. The van der Waals surface area contributed by atoms with Crippen LogP contribution in [0.2, 0.25) is 0 Å². The molecule has 0 aliphatic carbocycles. The second kappa shape index (κ2) is 6.36. The molecule has 97 valence electrons. The fourth-order valence-corrected chi connectivity index (χ4v) is 2.07. The number of amides is 1. The van der Waals surface area contributed by atoms with Crippen LogP contribution in [-0.2, 0) is 6.54 Å². The van der Waals surface area contributed by atoms with Gasteiger partial charge in [0.1, 0.15) is 0 Å². The summed E-state index contributed by atoms with van der Waals surface area (Å²) in [5.41, 5.74) is 1.57. The van der Waals surface area contributed by atoms with Gasteiger partial charge in [-0.25, -0.2) is 0 Å². The quantitative estimate of drug-likeness (QED) is 0.849. The van der Waals surface area contributed by atoms with Crippen molar-refractivity contribution in [2.24, 2.45) is 0 Å². The van der Waals surface area contributed by atoms with Crippen molar-refractivity contribution in [1.29, 1.82) is 0 Å². The van der Waals surface area contributed by atoms with Crippen molar-refractivity contribution in [3.05, 3.63) is 53.7 Å². The Morgan fingerprint density at radius 1 is 1.32 bits per heavy atom. The predicted molar refractivity (Wildman–Crippen MR) is 73.8 cm³/mol. The molecule has 1 N–H and O–H groups in total. The molecule has 0 bridgehead atoms. The Balaban J connectivity index is 1.98. The molecule has 1 aromatic heterocycles. The normalized spacial score (nSPS) is 9.95. The van der Waals surface area contributed by atoms with Crippen LogP contribution in [0.1, 0.15) is 15.9 Å². The third kappa shape index (κ3) is 3.56. The van der Waals surface area contributed by atoms with Crippen molar-refractivity contribution in [3.8, 4) is 5.88 Å². The van der Waals surface area contributed by atoms with Gasteiger partial charge in [-0.05, 0) is 0 Å². The van der Waals surface area contributed by atoms with Gasteiger partial charge in [-0.15, -0.1) is 0 Å². The van der Waals surface area contributed by atoms with Crippen molar-refractivity contribution in [1.82, 2.24) is 10.3 Å². The van der Waals surface area contributed by atoms with Crippen LogP contribution in [0.25, 0.3) is 0 Å². The monoisotopic (exact) mass is 321 g/mol. The summed E-state index contributed by atoms with van der Waals surface area (Å²) in [5.74, 6) is 0.453. The summed E-state index contributed by atoms with van der Waals surface area (Å²) in [6.07, 6.45) is 1.68. The van der Waals surface area contributed by atoms with Crippen LogP contribution in [-0.4, -0.2) is 34.0 Å². The fraction of sp³-hybridized carbons (Fsp3) is 0.143. The van der Waals surface area contributed by atoms with Crippen LogP contribution in [0.15, 0.2) is 42.6 Å². The molecule has 0 spiro atoms. The standard InChI is InChI=1S/C14H13N2O2Se/c1-18-13-7-6-10(8-15-13)9-16-14(17)11-4-2-3-5-12(11)19/h2-8H,9H2,1H3,(H,16,17). The summed E-state index contributed by atoms with van der Waals surface area (Å²) in [6, 6.07) is 11.0. The zero-order valence-corrected chi connectivity index (χ0v) is 12.1. The second-order valence-electron chi connectivity index (χ2n) is 3.89. The van der Waals surface area contributed by atoms with Crippen molar-refractivity contribution < 1.29 is 9.53 Å². The number of carbonyl (C=O) groups is 1. The van der Waals surface area contributed by atoms with Crippen molar-refractivity contribution in [3.63, 3.8) is 0 Å². The Kier molecular flexibility index (Phi) is 4.55. The summed E-state index contributed by atoms with van der Waals surface area (Å²) in [7, 11) is 1.57. The zero-order chi connectivity index (χ0) is 13.7. The van der Waals surface area contributed by atoms with Gasteiger partial charge in [0.25, 0.3) is 0 Å². The molecule has 0 atom stereocenters. The van der Waals surface area contributed by atoms with Gasteiger partial charge in [0.15, 0.2) is 0 Å². The van der Waals surface area contributed by atoms with Gasteiger partial charge in [-0.1, -0.05) is 0 Å². The van der Waals surface area contributed by atoms with Gasteiger partial charge in [0.2, 0.25) is 0 Å². The van der Waals surface area contributed by atoms with E-state index in [0.717, 1.165) is 10.0 Å². The van der Waals surface area contributed by atoms with Gasteiger partial charge in [0.05, 0.1) is 0 Å². The van der Waals surface area contributed by atoms with Crippen LogP contribution in [0.5, 0.6) is 5.88 Å². The number of rotatable bonds is 4. The first kappa shape index (κ1) is 13.6. The average molecular weight is 320 g/mol. The van der Waals surface area contributed by atoms with Crippen LogP contribution in [0.3, 0.4) is 0 Å². The molecule has 5 heteroatoms. The van der Waals surface area contributed by atoms with E-state index in [1.807, 2.05) is 24.3 Å². The summed E-state index contributed by atoms with van der Waals surface area (Å²) in [4.78, 5) is 16.1. The number of nitrogens with one attached hydrogen (secondary N) is 1. The van der Waals surface area contributed by atoms with E-state index in [1.54, 1.807) is 25.4 Å². The maximum absolute atomic E-state index is 12.0. The van der Waals surface area contributed by atoms with Crippen LogP contribution in [0.4, 0.5) is 0 Å². The number of nitrogens with zero attached hydrogens (tertiary/aromatic N) is 1. The summed E-state index contributed by atoms with van der Waals surface area (Å²) < 4.78 is 5.82. The molecule has 2 aromatic rings. The van der Waals surface area contributed by atoms with E-state index in [9.17, 15) is 4.79 Å². The molecular weight excluding hydrogens is 307 g/mol.